The fourth-order valence-corrected chi connectivity index (χ4v) is 9.91. The van der Waals surface area contributed by atoms with E-state index in [0.717, 1.165) is 69.7 Å². The van der Waals surface area contributed by atoms with Gasteiger partial charge in [-0.05, 0) is 98.8 Å². The van der Waals surface area contributed by atoms with Gasteiger partial charge in [-0.2, -0.15) is 0 Å². The number of benzene rings is 2. The van der Waals surface area contributed by atoms with Crippen molar-refractivity contribution >= 4 is 51.8 Å². The average Bonchev–Trinajstić information content (AvgIpc) is 3.53. The molecule has 16 heteroatoms. The van der Waals surface area contributed by atoms with Gasteiger partial charge in [-0.15, -0.1) is 0 Å². The third kappa shape index (κ3) is 6.76. The van der Waals surface area contributed by atoms with Crippen LogP contribution in [-0.2, 0) is 20.9 Å². The molecule has 2 aromatic carbocycles. The van der Waals surface area contributed by atoms with E-state index in [1.807, 2.05) is 11.8 Å². The number of nitrogens with one attached hydrogen (secondary N) is 3. The largest absolute Gasteiger partial charge is 0.474 e. The van der Waals surface area contributed by atoms with E-state index in [0.29, 0.717) is 63.9 Å². The van der Waals surface area contributed by atoms with Crippen LogP contribution >= 0.6 is 0 Å². The fourth-order valence-electron chi connectivity index (χ4n) is 9.91. The summed E-state index contributed by atoms with van der Waals surface area (Å²) in [4.78, 5) is 64.6. The number of anilines is 3. The highest BCUT2D eigenvalue weighted by molar-refractivity contribution is 6.05. The SMILES string of the molecule is Cc1c(-c2cc3cc(NC(=O)OC4CC5(CCN(CC6CN(c7ccc8c(c7F)CN(C7CCC(=O)NC7=O)C8=O)C6)CC5)C4)ncc3cc2F)cnc2c1NCCO2. The quantitative estimate of drug-likeness (QED) is 0.206. The Hall–Kier alpha value is -5.90. The summed E-state index contributed by atoms with van der Waals surface area (Å²) in [7, 11) is 0. The van der Waals surface area contributed by atoms with E-state index in [2.05, 4.69) is 30.8 Å². The second-order valence-electron chi connectivity index (χ2n) is 17.0. The van der Waals surface area contributed by atoms with E-state index >= 15 is 8.78 Å². The summed E-state index contributed by atoms with van der Waals surface area (Å²) < 4.78 is 42.5. The van der Waals surface area contributed by atoms with Crippen LogP contribution in [0.3, 0.4) is 0 Å². The summed E-state index contributed by atoms with van der Waals surface area (Å²) in [6.45, 7) is 7.35. The van der Waals surface area contributed by atoms with Crippen molar-refractivity contribution in [2.45, 2.75) is 64.1 Å². The van der Waals surface area contributed by atoms with Crippen molar-refractivity contribution in [1.82, 2.24) is 25.1 Å². The van der Waals surface area contributed by atoms with Gasteiger partial charge in [-0.25, -0.2) is 23.5 Å². The summed E-state index contributed by atoms with van der Waals surface area (Å²) in [5.74, 6) is -0.845. The number of halogens is 2. The number of ether oxygens (including phenoxy) is 2. The smallest absolute Gasteiger partial charge is 0.413 e. The highest BCUT2D eigenvalue weighted by atomic mass is 19.1. The van der Waals surface area contributed by atoms with E-state index in [-0.39, 0.29) is 48.3 Å². The summed E-state index contributed by atoms with van der Waals surface area (Å²) >= 11 is 0. The number of likely N-dealkylation sites (tertiary alicyclic amines) is 1. The summed E-state index contributed by atoms with van der Waals surface area (Å²) in [5, 5.41) is 9.65. The van der Waals surface area contributed by atoms with Crippen LogP contribution in [0.25, 0.3) is 21.9 Å². The van der Waals surface area contributed by atoms with Crippen LogP contribution in [0.15, 0.2) is 42.7 Å². The van der Waals surface area contributed by atoms with Crippen molar-refractivity contribution in [3.63, 3.8) is 0 Å². The van der Waals surface area contributed by atoms with Crippen LogP contribution in [0, 0.1) is 29.9 Å². The molecule has 0 radical (unpaired) electrons. The van der Waals surface area contributed by atoms with E-state index in [1.54, 1.807) is 30.5 Å². The Morgan fingerprint density at radius 3 is 2.63 bits per heavy atom. The third-order valence-corrected chi connectivity index (χ3v) is 13.2. The lowest BCUT2D eigenvalue weighted by atomic mass is 9.61. The van der Waals surface area contributed by atoms with Gasteiger partial charge in [0.2, 0.25) is 17.7 Å². The van der Waals surface area contributed by atoms with Gasteiger partial charge < -0.3 is 29.5 Å². The Balaban J connectivity index is 0.685. The summed E-state index contributed by atoms with van der Waals surface area (Å²) in [5.41, 5.74) is 3.87. The first-order chi connectivity index (χ1) is 28.5. The number of rotatable bonds is 7. The number of carbonyl (C=O) groups excluding carboxylic acids is 4. The molecule has 4 amide bonds. The van der Waals surface area contributed by atoms with Crippen molar-refractivity contribution in [1.29, 1.82) is 0 Å². The monoisotopic (exact) mass is 806 g/mol. The molecule has 1 aliphatic carbocycles. The molecule has 6 aliphatic rings. The molecular formula is C43H44F2N8O6. The van der Waals surface area contributed by atoms with Gasteiger partial charge in [0, 0.05) is 78.6 Å². The number of piperidine rings is 2. The minimum atomic E-state index is -0.780. The third-order valence-electron chi connectivity index (χ3n) is 13.2. The molecule has 3 saturated heterocycles. The highest BCUT2D eigenvalue weighted by Crippen LogP contribution is 2.50. The number of fused-ring (bicyclic) bond motifs is 3. The zero-order valence-electron chi connectivity index (χ0n) is 32.6. The maximum atomic E-state index is 15.8. The maximum absolute atomic E-state index is 15.8. The van der Waals surface area contributed by atoms with Gasteiger partial charge in [0.25, 0.3) is 5.91 Å². The average molecular weight is 807 g/mol. The van der Waals surface area contributed by atoms with Crippen LogP contribution in [0.5, 0.6) is 5.88 Å². The molecule has 1 unspecified atom stereocenters. The molecule has 10 rings (SSSR count). The predicted octanol–water partition coefficient (Wildman–Crippen LogP) is 5.38. The Morgan fingerprint density at radius 2 is 1.83 bits per heavy atom. The molecular weight excluding hydrogens is 763 g/mol. The van der Waals surface area contributed by atoms with Crippen molar-refractivity contribution in [3.05, 3.63) is 71.1 Å². The Morgan fingerprint density at radius 1 is 1.02 bits per heavy atom. The highest BCUT2D eigenvalue weighted by Gasteiger charge is 2.48. The first-order valence-electron chi connectivity index (χ1n) is 20.4. The molecule has 0 bridgehead atoms. The van der Waals surface area contributed by atoms with Gasteiger partial charge >= 0.3 is 6.09 Å². The van der Waals surface area contributed by atoms with Crippen LogP contribution in [0.1, 0.15) is 60.0 Å². The van der Waals surface area contributed by atoms with Crippen molar-refractivity contribution in [3.8, 4) is 17.0 Å². The normalized spacial score (nSPS) is 21.6. The van der Waals surface area contributed by atoms with E-state index in [9.17, 15) is 19.2 Å². The second kappa shape index (κ2) is 14.4. The fraction of sp³-hybridized carbons (Fsp3) is 0.442. The standard InChI is InChI=1S/C43H44F2N8O6/c1-23-30(18-48-40-38(23)46-8-11-58-40)29-12-25-14-35(47-17-26(25)13-32(29)44)49-42(57)59-27-15-43(16-27)6-9-51(10-7-43)19-24-20-52(21-24)33-3-2-28-31(37(33)45)22-53(41(28)56)34-4-5-36(54)50-39(34)55/h2-3,12-14,17-18,24,27,34,46H,4-11,15-16,19-22H2,1H3,(H,47,49,57)(H,50,54,55). The van der Waals surface area contributed by atoms with Gasteiger partial charge in [-0.3, -0.25) is 25.0 Å². The summed E-state index contributed by atoms with van der Waals surface area (Å²) in [6, 6.07) is 7.43. The molecule has 4 fully saturated rings. The number of amides is 4. The number of hydrogen-bond acceptors (Lipinski definition) is 11. The second-order valence-corrected chi connectivity index (χ2v) is 17.0. The number of pyridine rings is 2. The van der Waals surface area contributed by atoms with E-state index < -0.39 is 29.7 Å². The molecule has 3 N–H and O–H groups in total. The van der Waals surface area contributed by atoms with Crippen molar-refractivity contribution in [2.75, 3.05) is 61.4 Å². The first kappa shape index (κ1) is 37.4. The van der Waals surface area contributed by atoms with Crippen molar-refractivity contribution in [2.24, 2.45) is 11.3 Å². The Bertz CT molecular complexity index is 2430. The molecule has 1 saturated carbocycles. The van der Waals surface area contributed by atoms with Crippen molar-refractivity contribution < 1.29 is 37.4 Å². The number of carbonyl (C=O) groups is 4. The first-order valence-corrected chi connectivity index (χ1v) is 20.4. The zero-order valence-corrected chi connectivity index (χ0v) is 32.6. The number of aromatic nitrogens is 2. The van der Waals surface area contributed by atoms with Crippen LogP contribution in [0.4, 0.5) is 30.8 Å². The molecule has 306 valence electrons. The minimum absolute atomic E-state index is 0.0135. The zero-order chi connectivity index (χ0) is 40.6. The lowest BCUT2D eigenvalue weighted by molar-refractivity contribution is -0.136. The number of nitrogens with zero attached hydrogens (tertiary/aromatic N) is 5. The number of hydrogen-bond donors (Lipinski definition) is 3. The van der Waals surface area contributed by atoms with Gasteiger partial charge in [0.1, 0.15) is 36.1 Å². The molecule has 59 heavy (non-hydrogen) atoms. The molecule has 7 heterocycles. The van der Waals surface area contributed by atoms with Gasteiger partial charge in [0.05, 0.1) is 12.2 Å². The summed E-state index contributed by atoms with van der Waals surface area (Å²) in [6.07, 6.45) is 6.48. The topological polar surface area (TPSA) is 158 Å². The van der Waals surface area contributed by atoms with Crippen LogP contribution < -0.4 is 25.6 Å². The van der Waals surface area contributed by atoms with E-state index in [1.165, 1.54) is 17.2 Å². The molecule has 2 aromatic heterocycles. The molecule has 1 atom stereocenters. The molecule has 5 aliphatic heterocycles. The lowest BCUT2D eigenvalue weighted by Gasteiger charge is -2.52. The maximum Gasteiger partial charge on any atom is 0.413 e. The lowest BCUT2D eigenvalue weighted by Crippen LogP contribution is -2.55. The Kier molecular flexibility index (Phi) is 9.14. The molecule has 1 spiro atoms. The van der Waals surface area contributed by atoms with E-state index in [4.69, 9.17) is 9.47 Å². The molecule has 4 aromatic rings. The molecule has 14 nitrogen and oxygen atoms in total. The van der Waals surface area contributed by atoms with Gasteiger partial charge in [0.15, 0.2) is 5.82 Å². The van der Waals surface area contributed by atoms with Crippen LogP contribution in [-0.4, -0.2) is 102 Å². The minimum Gasteiger partial charge on any atom is -0.474 e. The predicted molar refractivity (Wildman–Crippen MR) is 213 cm³/mol. The number of imide groups is 1. The van der Waals surface area contributed by atoms with Crippen LogP contribution in [0.2, 0.25) is 0 Å². The Labute approximate surface area is 338 Å². The van der Waals surface area contributed by atoms with Gasteiger partial charge in [-0.1, -0.05) is 0 Å².